The summed E-state index contributed by atoms with van der Waals surface area (Å²) in [6.07, 6.45) is 4.68. The second-order valence-electron chi connectivity index (χ2n) is 6.17. The smallest absolute Gasteiger partial charge is 0.274 e. The minimum atomic E-state index is -0.257. The summed E-state index contributed by atoms with van der Waals surface area (Å²) in [6.45, 7) is 2.43. The fourth-order valence-corrected chi connectivity index (χ4v) is 3.21. The van der Waals surface area contributed by atoms with Crippen molar-refractivity contribution in [2.45, 2.75) is 25.8 Å². The van der Waals surface area contributed by atoms with E-state index in [-0.39, 0.29) is 17.5 Å². The SMILES string of the molecule is Cc1cnc(C(=O)N2CCCC2c2nc3ccccc3c(=O)[nH]2)cn1. The Labute approximate surface area is 143 Å². The quantitative estimate of drug-likeness (QED) is 0.773. The van der Waals surface area contributed by atoms with Crippen molar-refractivity contribution < 1.29 is 4.79 Å². The number of amides is 1. The van der Waals surface area contributed by atoms with Gasteiger partial charge in [0, 0.05) is 12.7 Å². The number of H-pyrrole nitrogens is 1. The third-order valence-corrected chi connectivity index (χ3v) is 4.46. The van der Waals surface area contributed by atoms with Gasteiger partial charge in [0.05, 0.1) is 28.8 Å². The van der Waals surface area contributed by atoms with Gasteiger partial charge in [-0.2, -0.15) is 0 Å². The number of para-hydroxylation sites is 1. The van der Waals surface area contributed by atoms with E-state index in [2.05, 4.69) is 19.9 Å². The Bertz CT molecular complexity index is 996. The second kappa shape index (κ2) is 6.08. The van der Waals surface area contributed by atoms with E-state index < -0.39 is 0 Å². The molecule has 3 heterocycles. The summed E-state index contributed by atoms with van der Waals surface area (Å²) < 4.78 is 0. The van der Waals surface area contributed by atoms with E-state index in [0.29, 0.717) is 29.0 Å². The number of fused-ring (bicyclic) bond motifs is 1. The molecule has 4 rings (SSSR count). The average Bonchev–Trinajstić information content (AvgIpc) is 3.11. The van der Waals surface area contributed by atoms with Crippen molar-refractivity contribution in [1.82, 2.24) is 24.8 Å². The number of nitrogens with one attached hydrogen (secondary N) is 1. The lowest BCUT2D eigenvalue weighted by atomic mass is 10.1. The van der Waals surface area contributed by atoms with Gasteiger partial charge in [0.1, 0.15) is 11.5 Å². The molecular formula is C18H17N5O2. The molecule has 1 fully saturated rings. The van der Waals surface area contributed by atoms with Gasteiger partial charge >= 0.3 is 0 Å². The predicted molar refractivity (Wildman–Crippen MR) is 92.1 cm³/mol. The van der Waals surface area contributed by atoms with Crippen LogP contribution in [-0.4, -0.2) is 37.3 Å². The number of likely N-dealkylation sites (tertiary alicyclic amines) is 1. The number of rotatable bonds is 2. The minimum Gasteiger partial charge on any atom is -0.327 e. The number of aromatic amines is 1. The van der Waals surface area contributed by atoms with Crippen LogP contribution in [0.3, 0.4) is 0 Å². The molecule has 1 atom stereocenters. The second-order valence-corrected chi connectivity index (χ2v) is 6.17. The van der Waals surface area contributed by atoms with E-state index in [0.717, 1.165) is 18.5 Å². The average molecular weight is 335 g/mol. The normalized spacial score (nSPS) is 17.2. The van der Waals surface area contributed by atoms with Crippen LogP contribution in [0, 0.1) is 6.92 Å². The molecule has 1 N–H and O–H groups in total. The zero-order valence-corrected chi connectivity index (χ0v) is 13.8. The molecule has 7 nitrogen and oxygen atoms in total. The van der Waals surface area contributed by atoms with Gasteiger partial charge in [-0.25, -0.2) is 9.97 Å². The Morgan fingerprint density at radius 2 is 2.08 bits per heavy atom. The molecule has 1 aromatic carbocycles. The van der Waals surface area contributed by atoms with E-state index in [4.69, 9.17) is 0 Å². The maximum atomic E-state index is 12.8. The fraction of sp³-hybridized carbons (Fsp3) is 0.278. The van der Waals surface area contributed by atoms with Crippen LogP contribution in [0.25, 0.3) is 10.9 Å². The molecule has 126 valence electrons. The van der Waals surface area contributed by atoms with Gasteiger partial charge in [0.15, 0.2) is 0 Å². The maximum absolute atomic E-state index is 12.8. The Hall–Kier alpha value is -3.09. The highest BCUT2D eigenvalue weighted by Crippen LogP contribution is 2.31. The Morgan fingerprint density at radius 3 is 2.88 bits per heavy atom. The number of aromatic nitrogens is 4. The lowest BCUT2D eigenvalue weighted by molar-refractivity contribution is 0.0723. The molecule has 1 saturated heterocycles. The fourth-order valence-electron chi connectivity index (χ4n) is 3.21. The first-order valence-electron chi connectivity index (χ1n) is 8.22. The predicted octanol–water partition coefficient (Wildman–Crippen LogP) is 2.00. The molecule has 1 amide bonds. The summed E-state index contributed by atoms with van der Waals surface area (Å²) in [4.78, 5) is 42.6. The minimum absolute atomic E-state index is 0.185. The summed E-state index contributed by atoms with van der Waals surface area (Å²) >= 11 is 0. The van der Waals surface area contributed by atoms with Crippen LogP contribution in [0.5, 0.6) is 0 Å². The van der Waals surface area contributed by atoms with Gasteiger partial charge in [0.2, 0.25) is 0 Å². The molecule has 7 heteroatoms. The molecule has 1 aliphatic rings. The number of carbonyl (C=O) groups excluding carboxylic acids is 1. The third kappa shape index (κ3) is 2.77. The van der Waals surface area contributed by atoms with Crippen LogP contribution >= 0.6 is 0 Å². The van der Waals surface area contributed by atoms with Gasteiger partial charge in [-0.3, -0.25) is 14.6 Å². The molecular weight excluding hydrogens is 318 g/mol. The monoisotopic (exact) mass is 335 g/mol. The molecule has 2 aromatic heterocycles. The summed E-state index contributed by atoms with van der Waals surface area (Å²) in [5.41, 5.74) is 1.52. The van der Waals surface area contributed by atoms with E-state index in [1.165, 1.54) is 6.20 Å². The zero-order valence-electron chi connectivity index (χ0n) is 13.8. The first kappa shape index (κ1) is 15.4. The first-order chi connectivity index (χ1) is 12.1. The van der Waals surface area contributed by atoms with E-state index >= 15 is 0 Å². The van der Waals surface area contributed by atoms with Crippen molar-refractivity contribution in [1.29, 1.82) is 0 Å². The lowest BCUT2D eigenvalue weighted by Crippen LogP contribution is -2.33. The first-order valence-corrected chi connectivity index (χ1v) is 8.22. The van der Waals surface area contributed by atoms with Crippen LogP contribution in [0.15, 0.2) is 41.5 Å². The standard InChI is InChI=1S/C18H17N5O2/c1-11-9-20-14(10-19-11)18(25)23-8-4-7-15(23)16-21-13-6-3-2-5-12(13)17(24)22-16/h2-3,5-6,9-10,15H,4,7-8H2,1H3,(H,21,22,24). The van der Waals surface area contributed by atoms with Crippen LogP contribution in [0.4, 0.5) is 0 Å². The van der Waals surface area contributed by atoms with Gasteiger partial charge < -0.3 is 9.88 Å². The van der Waals surface area contributed by atoms with Crippen LogP contribution < -0.4 is 5.56 Å². The van der Waals surface area contributed by atoms with Crippen LogP contribution in [0.1, 0.15) is 40.9 Å². The zero-order chi connectivity index (χ0) is 17.4. The Balaban J connectivity index is 1.71. The summed E-state index contributed by atoms with van der Waals surface area (Å²) in [5.74, 6) is 0.334. The highest BCUT2D eigenvalue weighted by Gasteiger charge is 2.33. The molecule has 3 aromatic rings. The summed E-state index contributed by atoms with van der Waals surface area (Å²) in [6, 6.07) is 6.94. The number of nitrogens with zero attached hydrogens (tertiary/aromatic N) is 4. The number of hydrogen-bond acceptors (Lipinski definition) is 5. The lowest BCUT2D eigenvalue weighted by Gasteiger charge is -2.23. The van der Waals surface area contributed by atoms with Crippen LogP contribution in [0.2, 0.25) is 0 Å². The summed E-state index contributed by atoms with van der Waals surface area (Å²) in [7, 11) is 0. The number of carbonyl (C=O) groups is 1. The molecule has 0 radical (unpaired) electrons. The van der Waals surface area contributed by atoms with Crippen molar-refractivity contribution in [3.05, 3.63) is 64.2 Å². The molecule has 0 saturated carbocycles. The number of benzene rings is 1. The van der Waals surface area contributed by atoms with Crippen molar-refractivity contribution >= 4 is 16.8 Å². The van der Waals surface area contributed by atoms with E-state index in [1.54, 1.807) is 29.3 Å². The van der Waals surface area contributed by atoms with E-state index in [9.17, 15) is 9.59 Å². The molecule has 0 spiro atoms. The molecule has 1 unspecified atom stereocenters. The topological polar surface area (TPSA) is 91.8 Å². The number of aryl methyl sites for hydroxylation is 1. The third-order valence-electron chi connectivity index (χ3n) is 4.46. The Morgan fingerprint density at radius 1 is 1.24 bits per heavy atom. The van der Waals surface area contributed by atoms with Gasteiger partial charge in [-0.05, 0) is 31.9 Å². The molecule has 0 aliphatic carbocycles. The summed E-state index contributed by atoms with van der Waals surface area (Å²) in [5, 5.41) is 0.548. The van der Waals surface area contributed by atoms with Crippen molar-refractivity contribution in [3.8, 4) is 0 Å². The van der Waals surface area contributed by atoms with Crippen molar-refractivity contribution in [2.75, 3.05) is 6.54 Å². The molecule has 1 aliphatic heterocycles. The van der Waals surface area contributed by atoms with Gasteiger partial charge in [-0.15, -0.1) is 0 Å². The van der Waals surface area contributed by atoms with Crippen LogP contribution in [-0.2, 0) is 0 Å². The highest BCUT2D eigenvalue weighted by atomic mass is 16.2. The maximum Gasteiger partial charge on any atom is 0.274 e. The van der Waals surface area contributed by atoms with Crippen molar-refractivity contribution in [2.24, 2.45) is 0 Å². The molecule has 25 heavy (non-hydrogen) atoms. The van der Waals surface area contributed by atoms with Gasteiger partial charge in [0.25, 0.3) is 11.5 Å². The van der Waals surface area contributed by atoms with E-state index in [1.807, 2.05) is 13.0 Å². The number of hydrogen-bond donors (Lipinski definition) is 1. The largest absolute Gasteiger partial charge is 0.327 e. The van der Waals surface area contributed by atoms with Crippen molar-refractivity contribution in [3.63, 3.8) is 0 Å². The molecule has 0 bridgehead atoms. The Kier molecular flexibility index (Phi) is 3.76. The highest BCUT2D eigenvalue weighted by molar-refractivity contribution is 5.92. The van der Waals surface area contributed by atoms with Gasteiger partial charge in [-0.1, -0.05) is 12.1 Å².